The van der Waals surface area contributed by atoms with E-state index < -0.39 is 0 Å². The van der Waals surface area contributed by atoms with E-state index in [9.17, 15) is 9.59 Å². The van der Waals surface area contributed by atoms with Gasteiger partial charge in [0, 0.05) is 54.5 Å². The van der Waals surface area contributed by atoms with Crippen molar-refractivity contribution >= 4 is 33.6 Å². The van der Waals surface area contributed by atoms with Crippen LogP contribution < -0.4 is 5.32 Å². The van der Waals surface area contributed by atoms with Gasteiger partial charge < -0.3 is 15.1 Å². The second-order valence-corrected chi connectivity index (χ2v) is 7.92. The lowest BCUT2D eigenvalue weighted by molar-refractivity contribution is 0.0784. The van der Waals surface area contributed by atoms with E-state index in [2.05, 4.69) is 26.3 Å². The molecule has 1 saturated heterocycles. The second-order valence-electron chi connectivity index (χ2n) is 7.01. The summed E-state index contributed by atoms with van der Waals surface area (Å²) in [7, 11) is 1.87. The van der Waals surface area contributed by atoms with Crippen LogP contribution >= 0.6 is 15.9 Å². The van der Waals surface area contributed by atoms with E-state index in [1.165, 1.54) is 0 Å². The molecule has 0 atom stereocenters. The Bertz CT molecular complexity index is 888. The molecule has 0 unspecified atom stereocenters. The number of benzene rings is 1. The Morgan fingerprint density at radius 2 is 1.93 bits per heavy atom. The predicted molar refractivity (Wildman–Crippen MR) is 106 cm³/mol. The normalized spacial score (nSPS) is 16.4. The summed E-state index contributed by atoms with van der Waals surface area (Å²) >= 11 is 3.41. The van der Waals surface area contributed by atoms with Crippen LogP contribution in [0.1, 0.15) is 34.6 Å². The first kappa shape index (κ1) is 18.0. The van der Waals surface area contributed by atoms with Crippen LogP contribution in [0.25, 0.3) is 0 Å². The molecule has 2 aromatic rings. The molecule has 1 aromatic carbocycles. The zero-order valence-corrected chi connectivity index (χ0v) is 16.8. The van der Waals surface area contributed by atoms with Gasteiger partial charge in [-0.2, -0.15) is 5.10 Å². The number of hydrogen-bond acceptors (Lipinski definition) is 3. The molecule has 3 heterocycles. The number of likely N-dealkylation sites (tertiary alicyclic amines) is 1. The minimum Gasteiger partial charge on any atom is -0.337 e. The van der Waals surface area contributed by atoms with Crippen LogP contribution in [0.5, 0.6) is 0 Å². The minimum absolute atomic E-state index is 0.0152. The molecule has 1 aromatic heterocycles. The molecule has 1 fully saturated rings. The SMILES string of the molecule is Cn1nc(C(=O)N2CCCC2)c2c1CCN(C(=O)Nc1cccc(Br)c1)C2. The highest BCUT2D eigenvalue weighted by Crippen LogP contribution is 2.25. The van der Waals surface area contributed by atoms with Crippen molar-refractivity contribution in [2.75, 3.05) is 25.0 Å². The van der Waals surface area contributed by atoms with E-state index in [0.717, 1.165) is 47.3 Å². The highest BCUT2D eigenvalue weighted by atomic mass is 79.9. The lowest BCUT2D eigenvalue weighted by Crippen LogP contribution is -2.40. The molecule has 0 spiro atoms. The Balaban J connectivity index is 1.53. The number of rotatable bonds is 2. The fraction of sp³-hybridized carbons (Fsp3) is 0.421. The number of hydrogen-bond donors (Lipinski definition) is 1. The molecule has 0 bridgehead atoms. The number of urea groups is 1. The van der Waals surface area contributed by atoms with Gasteiger partial charge in [-0.3, -0.25) is 9.48 Å². The van der Waals surface area contributed by atoms with Gasteiger partial charge in [0.25, 0.3) is 5.91 Å². The largest absolute Gasteiger partial charge is 0.337 e. The van der Waals surface area contributed by atoms with E-state index in [0.29, 0.717) is 25.2 Å². The average Bonchev–Trinajstić information content (AvgIpc) is 3.29. The number of carbonyl (C=O) groups excluding carboxylic acids is 2. The maximum absolute atomic E-state index is 12.9. The molecule has 1 N–H and O–H groups in total. The van der Waals surface area contributed by atoms with Crippen LogP contribution in [-0.2, 0) is 20.0 Å². The lowest BCUT2D eigenvalue weighted by atomic mass is 10.0. The Morgan fingerprint density at radius 3 is 2.67 bits per heavy atom. The van der Waals surface area contributed by atoms with Crippen molar-refractivity contribution in [3.8, 4) is 0 Å². The van der Waals surface area contributed by atoms with Gasteiger partial charge in [-0.05, 0) is 31.0 Å². The van der Waals surface area contributed by atoms with E-state index >= 15 is 0 Å². The predicted octanol–water partition coefficient (Wildman–Crippen LogP) is 3.01. The number of nitrogens with zero attached hydrogens (tertiary/aromatic N) is 4. The van der Waals surface area contributed by atoms with Crippen molar-refractivity contribution in [2.45, 2.75) is 25.8 Å². The number of amides is 3. The number of nitrogens with one attached hydrogen (secondary N) is 1. The Morgan fingerprint density at radius 1 is 1.15 bits per heavy atom. The van der Waals surface area contributed by atoms with E-state index in [1.807, 2.05) is 36.2 Å². The fourth-order valence-corrected chi connectivity index (χ4v) is 4.18. The van der Waals surface area contributed by atoms with Crippen LogP contribution in [0.4, 0.5) is 10.5 Å². The van der Waals surface area contributed by atoms with Gasteiger partial charge in [0.05, 0.1) is 6.54 Å². The standard InChI is InChI=1S/C19H22BrN5O2/c1-23-16-7-10-25(19(27)21-14-6-4-5-13(20)11-14)12-15(16)17(22-23)18(26)24-8-2-3-9-24/h4-6,11H,2-3,7-10,12H2,1H3,(H,21,27). The second kappa shape index (κ2) is 7.34. The summed E-state index contributed by atoms with van der Waals surface area (Å²) in [5, 5.41) is 7.42. The molecule has 8 heteroatoms. The quantitative estimate of drug-likeness (QED) is 0.794. The molecule has 27 heavy (non-hydrogen) atoms. The van der Waals surface area contributed by atoms with Crippen molar-refractivity contribution in [1.29, 1.82) is 0 Å². The highest BCUT2D eigenvalue weighted by Gasteiger charge is 2.32. The maximum Gasteiger partial charge on any atom is 0.322 e. The molecular weight excluding hydrogens is 410 g/mol. The van der Waals surface area contributed by atoms with Gasteiger partial charge in [0.2, 0.25) is 0 Å². The molecule has 2 aliphatic heterocycles. The third-order valence-corrected chi connectivity index (χ3v) is 5.69. The molecule has 142 valence electrons. The van der Waals surface area contributed by atoms with Gasteiger partial charge in [0.1, 0.15) is 0 Å². The molecular formula is C19H22BrN5O2. The van der Waals surface area contributed by atoms with Crippen LogP contribution in [0.2, 0.25) is 0 Å². The number of anilines is 1. The minimum atomic E-state index is -0.165. The van der Waals surface area contributed by atoms with Gasteiger partial charge >= 0.3 is 6.03 Å². The topological polar surface area (TPSA) is 70.5 Å². The Labute approximate surface area is 166 Å². The number of fused-ring (bicyclic) bond motifs is 1. The van der Waals surface area contributed by atoms with Crippen molar-refractivity contribution in [3.05, 3.63) is 45.7 Å². The molecule has 2 aliphatic rings. The third-order valence-electron chi connectivity index (χ3n) is 5.20. The van der Waals surface area contributed by atoms with Crippen LogP contribution in [0.3, 0.4) is 0 Å². The summed E-state index contributed by atoms with van der Waals surface area (Å²) in [6, 6.07) is 7.34. The molecule has 0 radical (unpaired) electrons. The van der Waals surface area contributed by atoms with Gasteiger partial charge in [-0.25, -0.2) is 4.79 Å². The van der Waals surface area contributed by atoms with Crippen molar-refractivity contribution in [1.82, 2.24) is 19.6 Å². The molecule has 3 amide bonds. The first-order valence-electron chi connectivity index (χ1n) is 9.18. The monoisotopic (exact) mass is 431 g/mol. The zero-order chi connectivity index (χ0) is 19.0. The van der Waals surface area contributed by atoms with Crippen LogP contribution in [0, 0.1) is 0 Å². The fourth-order valence-electron chi connectivity index (χ4n) is 3.78. The molecule has 0 aliphatic carbocycles. The molecule has 4 rings (SSSR count). The van der Waals surface area contributed by atoms with E-state index in [1.54, 1.807) is 9.58 Å². The number of aryl methyl sites for hydroxylation is 1. The van der Waals surface area contributed by atoms with Crippen molar-refractivity contribution in [2.24, 2.45) is 7.05 Å². The number of aromatic nitrogens is 2. The van der Waals surface area contributed by atoms with E-state index in [-0.39, 0.29) is 11.9 Å². The zero-order valence-electron chi connectivity index (χ0n) is 15.2. The Hall–Kier alpha value is -2.35. The summed E-state index contributed by atoms with van der Waals surface area (Å²) in [4.78, 5) is 29.2. The van der Waals surface area contributed by atoms with Gasteiger partial charge in [0.15, 0.2) is 5.69 Å². The lowest BCUT2D eigenvalue weighted by Gasteiger charge is -2.28. The highest BCUT2D eigenvalue weighted by molar-refractivity contribution is 9.10. The average molecular weight is 432 g/mol. The Kier molecular flexibility index (Phi) is 4.90. The molecule has 7 nitrogen and oxygen atoms in total. The summed E-state index contributed by atoms with van der Waals surface area (Å²) in [5.41, 5.74) is 3.16. The maximum atomic E-state index is 12.9. The summed E-state index contributed by atoms with van der Waals surface area (Å²) in [6.45, 7) is 2.58. The molecule has 0 saturated carbocycles. The number of halogens is 1. The van der Waals surface area contributed by atoms with Crippen LogP contribution in [0.15, 0.2) is 28.7 Å². The third kappa shape index (κ3) is 3.58. The van der Waals surface area contributed by atoms with E-state index in [4.69, 9.17) is 0 Å². The van der Waals surface area contributed by atoms with Gasteiger partial charge in [-0.15, -0.1) is 0 Å². The first-order chi connectivity index (χ1) is 13.0. The van der Waals surface area contributed by atoms with Gasteiger partial charge in [-0.1, -0.05) is 22.0 Å². The number of carbonyl (C=O) groups is 2. The summed E-state index contributed by atoms with van der Waals surface area (Å²) in [5.74, 6) is -0.0152. The summed E-state index contributed by atoms with van der Waals surface area (Å²) in [6.07, 6.45) is 2.78. The first-order valence-corrected chi connectivity index (χ1v) is 9.98. The van der Waals surface area contributed by atoms with Crippen molar-refractivity contribution < 1.29 is 9.59 Å². The van der Waals surface area contributed by atoms with Crippen LogP contribution in [-0.4, -0.2) is 51.2 Å². The van der Waals surface area contributed by atoms with Crippen molar-refractivity contribution in [3.63, 3.8) is 0 Å². The smallest absolute Gasteiger partial charge is 0.322 e. The summed E-state index contributed by atoms with van der Waals surface area (Å²) < 4.78 is 2.70.